The third-order valence-corrected chi connectivity index (χ3v) is 5.37. The number of hydrogen-bond donors (Lipinski definition) is 2. The fourth-order valence-corrected chi connectivity index (χ4v) is 3.78. The predicted molar refractivity (Wildman–Crippen MR) is 126 cm³/mol. The van der Waals surface area contributed by atoms with Gasteiger partial charge in [-0.25, -0.2) is 9.59 Å². The molecule has 2 N–H and O–H groups in total. The van der Waals surface area contributed by atoms with E-state index in [2.05, 4.69) is 5.32 Å². The van der Waals surface area contributed by atoms with E-state index < -0.39 is 12.1 Å². The van der Waals surface area contributed by atoms with Crippen molar-refractivity contribution in [1.29, 1.82) is 0 Å². The summed E-state index contributed by atoms with van der Waals surface area (Å²) in [5.41, 5.74) is 3.01. The molecule has 5 rings (SSSR count). The van der Waals surface area contributed by atoms with Crippen LogP contribution in [0.4, 0.5) is 10.5 Å². The first-order valence-electron chi connectivity index (χ1n) is 10.3. The normalized spacial score (nSPS) is 10.9. The molecule has 162 valence electrons. The van der Waals surface area contributed by atoms with Gasteiger partial charge in [0.25, 0.3) is 0 Å². The maximum atomic E-state index is 12.4. The van der Waals surface area contributed by atoms with Gasteiger partial charge in [-0.3, -0.25) is 5.32 Å². The van der Waals surface area contributed by atoms with E-state index in [9.17, 15) is 14.7 Å². The highest BCUT2D eigenvalue weighted by atomic mass is 16.6. The zero-order valence-corrected chi connectivity index (χ0v) is 17.4. The van der Waals surface area contributed by atoms with Crippen molar-refractivity contribution in [3.63, 3.8) is 0 Å². The van der Waals surface area contributed by atoms with Crippen LogP contribution in [0.5, 0.6) is 0 Å². The van der Waals surface area contributed by atoms with Crippen LogP contribution in [0.25, 0.3) is 32.9 Å². The summed E-state index contributed by atoms with van der Waals surface area (Å²) in [5, 5.41) is 14.5. The van der Waals surface area contributed by atoms with Gasteiger partial charge in [-0.1, -0.05) is 60.7 Å². The molecule has 4 aromatic carbocycles. The Kier molecular flexibility index (Phi) is 5.24. The molecule has 0 aliphatic carbocycles. The second-order valence-corrected chi connectivity index (χ2v) is 7.58. The highest BCUT2D eigenvalue weighted by molar-refractivity contribution is 6.04. The minimum absolute atomic E-state index is 0.0113. The molecular formula is C27H19NO5. The third-order valence-electron chi connectivity index (χ3n) is 5.37. The second-order valence-electron chi connectivity index (χ2n) is 7.58. The molecule has 0 aliphatic heterocycles. The molecule has 1 aromatic heterocycles. The Hall–Kier alpha value is -4.58. The van der Waals surface area contributed by atoms with Gasteiger partial charge in [-0.2, -0.15) is 0 Å². The third kappa shape index (κ3) is 4.27. The molecule has 0 aliphatic rings. The van der Waals surface area contributed by atoms with Crippen molar-refractivity contribution < 1.29 is 23.8 Å². The van der Waals surface area contributed by atoms with Crippen LogP contribution in [-0.4, -0.2) is 17.2 Å². The van der Waals surface area contributed by atoms with E-state index in [4.69, 9.17) is 9.15 Å². The number of anilines is 1. The molecule has 33 heavy (non-hydrogen) atoms. The Balaban J connectivity index is 1.31. The van der Waals surface area contributed by atoms with Gasteiger partial charge in [0.1, 0.15) is 11.3 Å². The fraction of sp³-hybridized carbons (Fsp3) is 0.0370. The lowest BCUT2D eigenvalue weighted by Gasteiger charge is -2.10. The van der Waals surface area contributed by atoms with Gasteiger partial charge in [0, 0.05) is 5.39 Å². The van der Waals surface area contributed by atoms with Gasteiger partial charge in [0.2, 0.25) is 0 Å². The van der Waals surface area contributed by atoms with E-state index in [0.29, 0.717) is 11.3 Å². The lowest BCUT2D eigenvalue weighted by molar-refractivity contribution is 0.0698. The highest BCUT2D eigenvalue weighted by Gasteiger charge is 2.15. The summed E-state index contributed by atoms with van der Waals surface area (Å²) < 4.78 is 11.1. The number of rotatable bonds is 5. The summed E-state index contributed by atoms with van der Waals surface area (Å²) in [6, 6.07) is 28.2. The molecular weight excluding hydrogens is 418 g/mol. The maximum absolute atomic E-state index is 12.4. The van der Waals surface area contributed by atoms with Crippen LogP contribution in [0, 0.1) is 0 Å². The molecule has 1 amide bonds. The summed E-state index contributed by atoms with van der Waals surface area (Å²) in [4.78, 5) is 24.0. The first kappa shape index (κ1) is 20.3. The number of carbonyl (C=O) groups is 2. The number of nitrogens with one attached hydrogen (secondary N) is 1. The number of benzene rings is 4. The molecule has 0 bridgehead atoms. The molecule has 0 unspecified atom stereocenters. The van der Waals surface area contributed by atoms with Gasteiger partial charge in [-0.05, 0) is 52.2 Å². The van der Waals surface area contributed by atoms with E-state index in [1.54, 1.807) is 6.07 Å². The summed E-state index contributed by atoms with van der Waals surface area (Å²) in [5.74, 6) is -0.648. The van der Waals surface area contributed by atoms with Crippen molar-refractivity contribution in [2.24, 2.45) is 0 Å². The van der Waals surface area contributed by atoms with E-state index in [0.717, 1.165) is 27.3 Å². The second kappa shape index (κ2) is 8.51. The summed E-state index contributed by atoms with van der Waals surface area (Å²) in [6.07, 6.45) is -0.766. The minimum Gasteiger partial charge on any atom is -0.478 e. The quantitative estimate of drug-likeness (QED) is 0.319. The number of hydrogen-bond acceptors (Lipinski definition) is 4. The average molecular weight is 437 g/mol. The van der Waals surface area contributed by atoms with Gasteiger partial charge in [0.05, 0.1) is 11.3 Å². The van der Waals surface area contributed by atoms with Crippen LogP contribution in [0.1, 0.15) is 16.1 Å². The molecule has 6 nitrogen and oxygen atoms in total. The molecule has 5 aromatic rings. The number of carboxylic acids is 1. The van der Waals surface area contributed by atoms with E-state index >= 15 is 0 Å². The van der Waals surface area contributed by atoms with E-state index in [-0.39, 0.29) is 17.9 Å². The first-order valence-corrected chi connectivity index (χ1v) is 10.3. The lowest BCUT2D eigenvalue weighted by atomic mass is 10.0. The van der Waals surface area contributed by atoms with E-state index in [1.807, 2.05) is 78.9 Å². The average Bonchev–Trinajstić information content (AvgIpc) is 3.25. The summed E-state index contributed by atoms with van der Waals surface area (Å²) >= 11 is 0. The Morgan fingerprint density at radius 1 is 0.788 bits per heavy atom. The van der Waals surface area contributed by atoms with Crippen LogP contribution in [-0.2, 0) is 11.3 Å². The van der Waals surface area contributed by atoms with Gasteiger partial charge >= 0.3 is 12.1 Å². The molecule has 0 fully saturated rings. The van der Waals surface area contributed by atoms with Crippen LogP contribution < -0.4 is 5.32 Å². The van der Waals surface area contributed by atoms with Gasteiger partial charge in [-0.15, -0.1) is 0 Å². The van der Waals surface area contributed by atoms with Crippen LogP contribution in [0.3, 0.4) is 0 Å². The SMILES string of the molecule is O=C(Nc1cc2ccccc2cc1C(=O)O)OCc1cc2cc(-c3ccccc3)ccc2o1. The molecule has 0 atom stereocenters. The molecule has 0 radical (unpaired) electrons. The smallest absolute Gasteiger partial charge is 0.412 e. The number of ether oxygens (including phenoxy) is 1. The monoisotopic (exact) mass is 437 g/mol. The number of aromatic carboxylic acids is 1. The largest absolute Gasteiger partial charge is 0.478 e. The standard InChI is InChI=1S/C27H19NO5/c29-26(30)23-14-18-8-4-5-9-19(18)15-24(23)28-27(31)32-16-22-13-21-12-20(10-11-25(21)33-22)17-6-2-1-3-7-17/h1-15H,16H2,(H,28,31)(H,29,30). The highest BCUT2D eigenvalue weighted by Crippen LogP contribution is 2.28. The Labute approximate surface area is 189 Å². The molecule has 6 heteroatoms. The van der Waals surface area contributed by atoms with Gasteiger partial charge < -0.3 is 14.3 Å². The number of furan rings is 1. The summed E-state index contributed by atoms with van der Waals surface area (Å²) in [7, 11) is 0. The van der Waals surface area contributed by atoms with Crippen molar-refractivity contribution >= 4 is 39.5 Å². The lowest BCUT2D eigenvalue weighted by Crippen LogP contribution is -2.16. The van der Waals surface area contributed by atoms with Crippen LogP contribution in [0.15, 0.2) is 95.4 Å². The predicted octanol–water partition coefficient (Wildman–Crippen LogP) is 6.70. The summed E-state index contributed by atoms with van der Waals surface area (Å²) in [6.45, 7) is -0.0861. The molecule has 0 saturated carbocycles. The Morgan fingerprint density at radius 2 is 1.52 bits per heavy atom. The van der Waals surface area contributed by atoms with Crippen molar-refractivity contribution in [1.82, 2.24) is 0 Å². The number of carboxylic acid groups (broad SMARTS) is 1. The Bertz CT molecular complexity index is 1490. The van der Waals surface area contributed by atoms with Crippen molar-refractivity contribution in [2.75, 3.05) is 5.32 Å². The number of carbonyl (C=O) groups excluding carboxylic acids is 1. The van der Waals surface area contributed by atoms with Crippen LogP contribution in [0.2, 0.25) is 0 Å². The Morgan fingerprint density at radius 3 is 2.27 bits per heavy atom. The maximum Gasteiger partial charge on any atom is 0.412 e. The first-order chi connectivity index (χ1) is 16.1. The molecule has 0 spiro atoms. The molecule has 0 saturated heterocycles. The topological polar surface area (TPSA) is 88.8 Å². The number of fused-ring (bicyclic) bond motifs is 2. The zero-order chi connectivity index (χ0) is 22.8. The van der Waals surface area contributed by atoms with Crippen molar-refractivity contribution in [2.45, 2.75) is 6.61 Å². The van der Waals surface area contributed by atoms with E-state index in [1.165, 1.54) is 6.07 Å². The van der Waals surface area contributed by atoms with Crippen LogP contribution >= 0.6 is 0 Å². The van der Waals surface area contributed by atoms with Crippen molar-refractivity contribution in [3.05, 3.63) is 102 Å². The van der Waals surface area contributed by atoms with Gasteiger partial charge in [0.15, 0.2) is 6.61 Å². The number of amides is 1. The fourth-order valence-electron chi connectivity index (χ4n) is 3.78. The zero-order valence-electron chi connectivity index (χ0n) is 17.4. The molecule has 1 heterocycles. The minimum atomic E-state index is -1.14. The van der Waals surface area contributed by atoms with Crippen molar-refractivity contribution in [3.8, 4) is 11.1 Å².